The Morgan fingerprint density at radius 2 is 1.96 bits per heavy atom. The summed E-state index contributed by atoms with van der Waals surface area (Å²) in [6.07, 6.45) is 7.11. The van der Waals surface area contributed by atoms with Crippen molar-refractivity contribution in [2.75, 3.05) is 6.54 Å². The van der Waals surface area contributed by atoms with E-state index in [-0.39, 0.29) is 24.0 Å². The summed E-state index contributed by atoms with van der Waals surface area (Å²) in [5.74, 6) is 0.897. The second-order valence-corrected chi connectivity index (χ2v) is 5.91. The molecule has 0 radical (unpaired) electrons. The van der Waals surface area contributed by atoms with Crippen molar-refractivity contribution in [1.29, 1.82) is 0 Å². The molecule has 3 rings (SSSR count). The highest BCUT2D eigenvalue weighted by molar-refractivity contribution is 14.0. The van der Waals surface area contributed by atoms with Gasteiger partial charge in [0.1, 0.15) is 0 Å². The maximum absolute atomic E-state index is 4.67. The third-order valence-electron chi connectivity index (χ3n) is 4.10. The second-order valence-electron chi connectivity index (χ2n) is 5.91. The minimum Gasteiger partial charge on any atom is -0.357 e. The van der Waals surface area contributed by atoms with Crippen LogP contribution >= 0.6 is 24.0 Å². The molecule has 2 N–H and O–H groups in total. The quantitative estimate of drug-likeness (QED) is 0.426. The smallest absolute Gasteiger partial charge is 0.191 e. The van der Waals surface area contributed by atoms with Crippen molar-refractivity contribution >= 4 is 29.9 Å². The molecular formula is C18H26IN5. The summed E-state index contributed by atoms with van der Waals surface area (Å²) in [6, 6.07) is 12.7. The van der Waals surface area contributed by atoms with Crippen LogP contribution in [0.25, 0.3) is 5.69 Å². The van der Waals surface area contributed by atoms with Gasteiger partial charge in [0.05, 0.1) is 17.9 Å². The minimum absolute atomic E-state index is 0. The molecular weight excluding hydrogens is 413 g/mol. The molecule has 1 heterocycles. The molecule has 1 aromatic heterocycles. The predicted octanol–water partition coefficient (Wildman–Crippen LogP) is 3.49. The number of aromatic nitrogens is 2. The van der Waals surface area contributed by atoms with Crippen LogP contribution in [-0.4, -0.2) is 28.3 Å². The summed E-state index contributed by atoms with van der Waals surface area (Å²) in [4.78, 5) is 4.67. The number of nitrogens with one attached hydrogen (secondary N) is 2. The lowest BCUT2D eigenvalue weighted by Gasteiger charge is -2.16. The van der Waals surface area contributed by atoms with Gasteiger partial charge in [-0.25, -0.2) is 9.67 Å². The van der Waals surface area contributed by atoms with Crippen LogP contribution in [0.4, 0.5) is 0 Å². The van der Waals surface area contributed by atoms with Crippen molar-refractivity contribution in [3.8, 4) is 5.69 Å². The lowest BCUT2D eigenvalue weighted by Crippen LogP contribution is -2.42. The van der Waals surface area contributed by atoms with Gasteiger partial charge in [-0.1, -0.05) is 31.0 Å². The van der Waals surface area contributed by atoms with Gasteiger partial charge in [-0.2, -0.15) is 5.10 Å². The van der Waals surface area contributed by atoms with E-state index in [9.17, 15) is 0 Å². The van der Waals surface area contributed by atoms with E-state index < -0.39 is 0 Å². The van der Waals surface area contributed by atoms with E-state index in [1.165, 1.54) is 25.7 Å². The number of hydrogen-bond donors (Lipinski definition) is 2. The van der Waals surface area contributed by atoms with Gasteiger partial charge in [-0.3, -0.25) is 0 Å². The number of nitrogens with zero attached hydrogens (tertiary/aromatic N) is 3. The average molecular weight is 439 g/mol. The number of benzene rings is 1. The topological polar surface area (TPSA) is 54.2 Å². The fourth-order valence-corrected chi connectivity index (χ4v) is 2.91. The Morgan fingerprint density at radius 3 is 2.67 bits per heavy atom. The normalized spacial score (nSPS) is 15.1. The third-order valence-corrected chi connectivity index (χ3v) is 4.10. The maximum Gasteiger partial charge on any atom is 0.191 e. The molecule has 0 unspecified atom stereocenters. The van der Waals surface area contributed by atoms with Crippen LogP contribution in [0, 0.1) is 0 Å². The van der Waals surface area contributed by atoms with Crippen LogP contribution < -0.4 is 10.6 Å². The first-order valence-electron chi connectivity index (χ1n) is 8.50. The van der Waals surface area contributed by atoms with Crippen molar-refractivity contribution in [3.05, 3.63) is 48.3 Å². The molecule has 0 spiro atoms. The van der Waals surface area contributed by atoms with Crippen molar-refractivity contribution in [2.45, 2.75) is 45.2 Å². The Bertz CT molecular complexity index is 632. The molecule has 24 heavy (non-hydrogen) atoms. The van der Waals surface area contributed by atoms with Gasteiger partial charge >= 0.3 is 0 Å². The van der Waals surface area contributed by atoms with Crippen LogP contribution in [0.3, 0.4) is 0 Å². The number of guanidine groups is 1. The molecule has 0 saturated heterocycles. The average Bonchev–Trinajstić information content (AvgIpc) is 3.25. The van der Waals surface area contributed by atoms with Gasteiger partial charge in [0.15, 0.2) is 5.96 Å². The first kappa shape index (κ1) is 18.8. The zero-order valence-electron chi connectivity index (χ0n) is 14.1. The monoisotopic (exact) mass is 439 g/mol. The largest absolute Gasteiger partial charge is 0.357 e. The molecule has 130 valence electrons. The molecule has 6 heteroatoms. The minimum atomic E-state index is 0. The van der Waals surface area contributed by atoms with Crippen LogP contribution in [0.1, 0.15) is 38.3 Å². The Labute approximate surface area is 161 Å². The first-order chi connectivity index (χ1) is 11.3. The molecule has 0 aliphatic heterocycles. The van der Waals surface area contributed by atoms with E-state index >= 15 is 0 Å². The zero-order valence-corrected chi connectivity index (χ0v) is 16.4. The fourth-order valence-electron chi connectivity index (χ4n) is 2.91. The van der Waals surface area contributed by atoms with Gasteiger partial charge in [0.25, 0.3) is 0 Å². The van der Waals surface area contributed by atoms with Crippen LogP contribution in [0.2, 0.25) is 0 Å². The summed E-state index contributed by atoms with van der Waals surface area (Å²) in [5.41, 5.74) is 2.04. The standard InChI is InChI=1S/C18H25N5.HI/c1-2-19-18(21-15-8-6-7-9-15)20-14-16-12-13-23(22-16)17-10-4-3-5-11-17;/h3-5,10-13,15H,2,6-9,14H2,1H3,(H2,19,20,21);1H. The summed E-state index contributed by atoms with van der Waals surface area (Å²) in [5, 5.41) is 11.5. The van der Waals surface area contributed by atoms with Crippen LogP contribution in [-0.2, 0) is 6.54 Å². The molecule has 0 atom stereocenters. The van der Waals surface area contributed by atoms with Gasteiger partial charge in [-0.15, -0.1) is 24.0 Å². The van der Waals surface area contributed by atoms with Crippen molar-refractivity contribution < 1.29 is 0 Å². The van der Waals surface area contributed by atoms with Gasteiger partial charge in [0, 0.05) is 18.8 Å². The highest BCUT2D eigenvalue weighted by Gasteiger charge is 2.15. The summed E-state index contributed by atoms with van der Waals surface area (Å²) in [7, 11) is 0. The Balaban J connectivity index is 0.00000208. The predicted molar refractivity (Wildman–Crippen MR) is 109 cm³/mol. The highest BCUT2D eigenvalue weighted by atomic mass is 127. The maximum atomic E-state index is 4.67. The van der Waals surface area contributed by atoms with Crippen molar-refractivity contribution in [1.82, 2.24) is 20.4 Å². The highest BCUT2D eigenvalue weighted by Crippen LogP contribution is 2.17. The lowest BCUT2D eigenvalue weighted by molar-refractivity contribution is 0.613. The van der Waals surface area contributed by atoms with Crippen molar-refractivity contribution in [3.63, 3.8) is 0 Å². The molecule has 1 aliphatic rings. The summed E-state index contributed by atoms with van der Waals surface area (Å²) in [6.45, 7) is 3.55. The number of aliphatic imine (C=N–C) groups is 1. The molecule has 2 aromatic rings. The number of rotatable bonds is 5. The molecule has 1 aliphatic carbocycles. The van der Waals surface area contributed by atoms with Gasteiger partial charge in [0.2, 0.25) is 0 Å². The number of para-hydroxylation sites is 1. The first-order valence-corrected chi connectivity index (χ1v) is 8.50. The van der Waals surface area contributed by atoms with Crippen molar-refractivity contribution in [2.24, 2.45) is 4.99 Å². The third kappa shape index (κ3) is 5.22. The Hall–Kier alpha value is -1.57. The number of halogens is 1. The molecule has 1 saturated carbocycles. The van der Waals surface area contributed by atoms with E-state index in [1.807, 2.05) is 47.3 Å². The van der Waals surface area contributed by atoms with E-state index in [4.69, 9.17) is 0 Å². The molecule has 0 amide bonds. The van der Waals surface area contributed by atoms with Crippen LogP contribution in [0.15, 0.2) is 47.6 Å². The Morgan fingerprint density at radius 1 is 1.21 bits per heavy atom. The van der Waals surface area contributed by atoms with E-state index in [2.05, 4.69) is 27.6 Å². The van der Waals surface area contributed by atoms with E-state index in [0.717, 1.165) is 23.9 Å². The van der Waals surface area contributed by atoms with Gasteiger partial charge < -0.3 is 10.6 Å². The van der Waals surface area contributed by atoms with Crippen LogP contribution in [0.5, 0.6) is 0 Å². The molecule has 0 bridgehead atoms. The number of hydrogen-bond acceptors (Lipinski definition) is 2. The summed E-state index contributed by atoms with van der Waals surface area (Å²) >= 11 is 0. The van der Waals surface area contributed by atoms with E-state index in [1.54, 1.807) is 0 Å². The van der Waals surface area contributed by atoms with Gasteiger partial charge in [-0.05, 0) is 38.0 Å². The Kier molecular flexibility index (Phi) is 7.55. The second kappa shape index (κ2) is 9.66. The lowest BCUT2D eigenvalue weighted by atomic mass is 10.2. The molecule has 5 nitrogen and oxygen atoms in total. The van der Waals surface area contributed by atoms with E-state index in [0.29, 0.717) is 12.6 Å². The molecule has 1 aromatic carbocycles. The zero-order chi connectivity index (χ0) is 15.9. The molecule has 1 fully saturated rings. The summed E-state index contributed by atoms with van der Waals surface area (Å²) < 4.78 is 1.89. The SMILES string of the molecule is CCNC(=NCc1ccn(-c2ccccc2)n1)NC1CCCC1.I. The fraction of sp³-hybridized carbons (Fsp3) is 0.444.